The number of hydrogen-bond acceptors (Lipinski definition) is 6. The number of ether oxygens (including phenoxy) is 1. The topological polar surface area (TPSA) is 84.1 Å². The first-order valence-electron chi connectivity index (χ1n) is 13.1. The zero-order valence-corrected chi connectivity index (χ0v) is 24.3. The summed E-state index contributed by atoms with van der Waals surface area (Å²) < 4.78 is 8.10. The highest BCUT2D eigenvalue weighted by Gasteiger charge is 2.33. The maximum absolute atomic E-state index is 13.3. The van der Waals surface area contributed by atoms with Crippen molar-refractivity contribution < 1.29 is 19.4 Å². The van der Waals surface area contributed by atoms with Crippen LogP contribution in [0.3, 0.4) is 0 Å². The number of nitrogens with zero attached hydrogens (tertiary/aromatic N) is 3. The van der Waals surface area contributed by atoms with Gasteiger partial charge in [-0.1, -0.05) is 45.9 Å². The first-order valence-corrected chi connectivity index (χ1v) is 14.7. The van der Waals surface area contributed by atoms with E-state index in [0.717, 1.165) is 46.7 Å². The maximum Gasteiger partial charge on any atom is 0.344 e. The van der Waals surface area contributed by atoms with Crippen molar-refractivity contribution >= 4 is 67.3 Å². The molecule has 39 heavy (non-hydrogen) atoms. The Morgan fingerprint density at radius 3 is 2.74 bits per heavy atom. The smallest absolute Gasteiger partial charge is 0.344 e. The summed E-state index contributed by atoms with van der Waals surface area (Å²) in [5, 5.41) is 12.5. The van der Waals surface area contributed by atoms with Gasteiger partial charge in [0.1, 0.15) is 22.9 Å². The monoisotopic (exact) mass is 607 g/mol. The number of hydrogen-bond donors (Lipinski definition) is 1. The van der Waals surface area contributed by atoms with E-state index < -0.39 is 5.97 Å². The van der Waals surface area contributed by atoms with Gasteiger partial charge in [-0.25, -0.2) is 9.79 Å². The zero-order chi connectivity index (χ0) is 27.5. The number of aromatic nitrogens is 1. The Labute approximate surface area is 240 Å². The van der Waals surface area contributed by atoms with Gasteiger partial charge < -0.3 is 19.3 Å². The third-order valence-electron chi connectivity index (χ3n) is 6.95. The summed E-state index contributed by atoms with van der Waals surface area (Å²) in [5.41, 5.74) is 2.46. The van der Waals surface area contributed by atoms with E-state index in [1.807, 2.05) is 70.3 Å². The van der Waals surface area contributed by atoms with Crippen LogP contribution in [-0.4, -0.2) is 50.7 Å². The van der Waals surface area contributed by atoms with Crippen LogP contribution in [0.15, 0.2) is 80.4 Å². The van der Waals surface area contributed by atoms with E-state index in [-0.39, 0.29) is 36.4 Å². The summed E-state index contributed by atoms with van der Waals surface area (Å²) in [6.45, 7) is 5.04. The van der Waals surface area contributed by atoms with Crippen molar-refractivity contribution in [2.75, 3.05) is 13.2 Å². The second-order valence-corrected chi connectivity index (χ2v) is 11.6. The molecule has 2 aromatic carbocycles. The van der Waals surface area contributed by atoms with Crippen LogP contribution in [0.1, 0.15) is 38.7 Å². The molecule has 0 spiro atoms. The van der Waals surface area contributed by atoms with E-state index in [2.05, 4.69) is 27.8 Å². The van der Waals surface area contributed by atoms with Crippen LogP contribution < -0.4 is 0 Å². The molecule has 1 aromatic heterocycles. The molecule has 0 aliphatic carbocycles. The van der Waals surface area contributed by atoms with Crippen LogP contribution in [0.2, 0.25) is 0 Å². The molecule has 5 rings (SSSR count). The molecule has 2 aliphatic heterocycles. The quantitative estimate of drug-likeness (QED) is 0.305. The standard InChI is InChI=1S/C30H30BrN3O4S/c1-3-38-30(37)27-28(36)25(39-29(27)32-22-10-5-4-6-11-22)15-20-17-33(24-13-12-21(31)16-23(20)24)18-26(35)34-14-8-7-9-19(34)2/h4-6,10-13,15-17,19,36H,3,7-9,14,18H2,1-2H3/b25-15-,32-29?/t19-/m0/s1. The predicted octanol–water partition coefficient (Wildman–Crippen LogP) is 7.00. The molecule has 1 atom stereocenters. The molecule has 1 saturated heterocycles. The number of likely N-dealkylation sites (tertiary alicyclic amines) is 1. The lowest BCUT2D eigenvalue weighted by Gasteiger charge is -2.33. The minimum absolute atomic E-state index is 0.0520. The number of rotatable bonds is 6. The SMILES string of the molecule is CCOC(=O)C1=C(O)/C(=C/c2cn(CC(=O)N3CCCC[C@@H]3C)c3ccc(Br)cc23)SC1=Nc1ccccc1. The third kappa shape index (κ3) is 5.84. The predicted molar refractivity (Wildman–Crippen MR) is 160 cm³/mol. The highest BCUT2D eigenvalue weighted by atomic mass is 79.9. The molecule has 9 heteroatoms. The lowest BCUT2D eigenvalue weighted by atomic mass is 10.0. The van der Waals surface area contributed by atoms with Crippen LogP contribution >= 0.6 is 27.7 Å². The number of esters is 1. The van der Waals surface area contributed by atoms with E-state index in [1.165, 1.54) is 11.8 Å². The fourth-order valence-corrected chi connectivity index (χ4v) is 6.39. The highest BCUT2D eigenvalue weighted by molar-refractivity contribution is 9.10. The number of fused-ring (bicyclic) bond motifs is 1. The molecule has 3 aromatic rings. The largest absolute Gasteiger partial charge is 0.506 e. The Kier molecular flexibility index (Phi) is 8.28. The van der Waals surface area contributed by atoms with Crippen LogP contribution in [0.25, 0.3) is 17.0 Å². The summed E-state index contributed by atoms with van der Waals surface area (Å²) in [4.78, 5) is 33.1. The van der Waals surface area contributed by atoms with Gasteiger partial charge in [-0.05, 0) is 69.5 Å². The molecule has 1 fully saturated rings. The Bertz CT molecular complexity index is 1510. The van der Waals surface area contributed by atoms with Gasteiger partial charge in [-0.15, -0.1) is 0 Å². The van der Waals surface area contributed by atoms with Gasteiger partial charge >= 0.3 is 5.97 Å². The Hall–Kier alpha value is -3.30. The highest BCUT2D eigenvalue weighted by Crippen LogP contribution is 2.41. The number of carbonyl (C=O) groups is 2. The van der Waals surface area contributed by atoms with Crippen LogP contribution in [0.5, 0.6) is 0 Å². The van der Waals surface area contributed by atoms with Gasteiger partial charge in [-0.2, -0.15) is 0 Å². The van der Waals surface area contributed by atoms with E-state index >= 15 is 0 Å². The average molecular weight is 609 g/mol. The van der Waals surface area contributed by atoms with Crippen LogP contribution in [-0.2, 0) is 20.9 Å². The normalized spacial score (nSPS) is 19.9. The number of carbonyl (C=O) groups excluding carboxylic acids is 2. The number of aliphatic imine (C=N–C) groups is 1. The molecule has 1 amide bonds. The number of halogens is 1. The van der Waals surface area contributed by atoms with E-state index in [1.54, 1.807) is 6.92 Å². The molecule has 0 bridgehead atoms. The zero-order valence-electron chi connectivity index (χ0n) is 21.9. The van der Waals surface area contributed by atoms with Gasteiger partial charge in [0.25, 0.3) is 0 Å². The number of amides is 1. The molecular weight excluding hydrogens is 578 g/mol. The van der Waals surface area contributed by atoms with Gasteiger partial charge in [0, 0.05) is 39.7 Å². The van der Waals surface area contributed by atoms with E-state index in [9.17, 15) is 14.7 Å². The number of para-hydroxylation sites is 1. The molecule has 202 valence electrons. The van der Waals surface area contributed by atoms with Crippen LogP contribution in [0, 0.1) is 0 Å². The number of thioether (sulfide) groups is 1. The number of aliphatic hydroxyl groups is 1. The van der Waals surface area contributed by atoms with Crippen molar-refractivity contribution in [2.24, 2.45) is 4.99 Å². The second-order valence-electron chi connectivity index (χ2n) is 9.61. The third-order valence-corrected chi connectivity index (χ3v) is 8.46. The van der Waals surface area contributed by atoms with E-state index in [0.29, 0.717) is 15.6 Å². The van der Waals surface area contributed by atoms with Crippen molar-refractivity contribution in [1.82, 2.24) is 9.47 Å². The summed E-state index contributed by atoms with van der Waals surface area (Å²) in [7, 11) is 0. The first-order chi connectivity index (χ1) is 18.9. The minimum Gasteiger partial charge on any atom is -0.506 e. The van der Waals surface area contributed by atoms with Crippen molar-refractivity contribution in [2.45, 2.75) is 45.7 Å². The average Bonchev–Trinajstić information content (AvgIpc) is 3.40. The number of aliphatic hydroxyl groups excluding tert-OH is 1. The lowest BCUT2D eigenvalue weighted by Crippen LogP contribution is -2.43. The Balaban J connectivity index is 1.54. The van der Waals surface area contributed by atoms with Crippen molar-refractivity contribution in [1.29, 1.82) is 0 Å². The summed E-state index contributed by atoms with van der Waals surface area (Å²) in [6, 6.07) is 15.5. The minimum atomic E-state index is -0.619. The molecule has 2 aliphatic rings. The summed E-state index contributed by atoms with van der Waals surface area (Å²) >= 11 is 4.78. The first kappa shape index (κ1) is 27.3. The molecule has 1 N–H and O–H groups in total. The van der Waals surface area contributed by atoms with Crippen molar-refractivity contribution in [3.63, 3.8) is 0 Å². The fraction of sp³-hybridized carbons (Fsp3) is 0.300. The summed E-state index contributed by atoms with van der Waals surface area (Å²) in [5.74, 6) is -0.685. The number of piperidine rings is 1. The van der Waals surface area contributed by atoms with Crippen molar-refractivity contribution in [3.05, 3.63) is 81.0 Å². The molecule has 7 nitrogen and oxygen atoms in total. The fourth-order valence-electron chi connectivity index (χ4n) is 5.00. The molecule has 0 saturated carbocycles. The summed E-state index contributed by atoms with van der Waals surface area (Å²) in [6.07, 6.45) is 6.99. The maximum atomic E-state index is 13.3. The van der Waals surface area contributed by atoms with Gasteiger partial charge in [0.2, 0.25) is 5.91 Å². The van der Waals surface area contributed by atoms with Crippen molar-refractivity contribution in [3.8, 4) is 0 Å². The molecule has 0 radical (unpaired) electrons. The van der Waals surface area contributed by atoms with Gasteiger partial charge in [0.15, 0.2) is 0 Å². The van der Waals surface area contributed by atoms with Gasteiger partial charge in [-0.3, -0.25) is 4.79 Å². The van der Waals surface area contributed by atoms with Crippen LogP contribution in [0.4, 0.5) is 5.69 Å². The van der Waals surface area contributed by atoms with E-state index in [4.69, 9.17) is 4.74 Å². The Morgan fingerprint density at radius 1 is 1.21 bits per heavy atom. The lowest BCUT2D eigenvalue weighted by molar-refractivity contribution is -0.138. The molecular formula is C30H30BrN3O4S. The number of benzene rings is 2. The second kappa shape index (κ2) is 11.8. The Morgan fingerprint density at radius 2 is 2.00 bits per heavy atom. The molecule has 0 unspecified atom stereocenters. The molecule has 3 heterocycles. The van der Waals surface area contributed by atoms with Gasteiger partial charge in [0.05, 0.1) is 17.2 Å².